The first-order valence-corrected chi connectivity index (χ1v) is 7.66. The van der Waals surface area contributed by atoms with E-state index in [1.165, 1.54) is 25.3 Å². The highest BCUT2D eigenvalue weighted by molar-refractivity contribution is 5.89. The van der Waals surface area contributed by atoms with E-state index in [9.17, 15) is 13.6 Å². The van der Waals surface area contributed by atoms with Crippen LogP contribution in [0.2, 0.25) is 0 Å². The summed E-state index contributed by atoms with van der Waals surface area (Å²) in [5.74, 6) is 0.00108. The Morgan fingerprint density at radius 3 is 2.36 bits per heavy atom. The number of alkyl halides is 2. The van der Waals surface area contributed by atoms with Gasteiger partial charge in [-0.1, -0.05) is 29.8 Å². The van der Waals surface area contributed by atoms with Gasteiger partial charge in [-0.25, -0.2) is 4.79 Å². The summed E-state index contributed by atoms with van der Waals surface area (Å²) < 4.78 is 34.2. The van der Waals surface area contributed by atoms with Crippen molar-refractivity contribution in [2.45, 2.75) is 26.5 Å². The molecule has 2 rings (SSSR count). The van der Waals surface area contributed by atoms with Crippen LogP contribution in [0.1, 0.15) is 24.1 Å². The molecule has 0 saturated carbocycles. The molecule has 0 spiro atoms. The van der Waals surface area contributed by atoms with Gasteiger partial charge in [-0.2, -0.15) is 8.78 Å². The van der Waals surface area contributed by atoms with Crippen LogP contribution in [0.25, 0.3) is 0 Å². The van der Waals surface area contributed by atoms with Crippen molar-refractivity contribution in [3.63, 3.8) is 0 Å². The Balaban J connectivity index is 2.03. The summed E-state index contributed by atoms with van der Waals surface area (Å²) in [6, 6.07) is 11.4. The number of rotatable bonds is 6. The number of carbonyl (C=O) groups excluding carboxylic acids is 1. The van der Waals surface area contributed by atoms with E-state index in [-0.39, 0.29) is 17.5 Å². The summed E-state index contributed by atoms with van der Waals surface area (Å²) in [5.41, 5.74) is 2.40. The maximum atomic E-state index is 12.4. The minimum atomic E-state index is -2.99. The van der Waals surface area contributed by atoms with E-state index >= 15 is 0 Å². The molecule has 0 saturated heterocycles. The van der Waals surface area contributed by atoms with E-state index < -0.39 is 12.6 Å². The van der Waals surface area contributed by atoms with Gasteiger partial charge in [-0.05, 0) is 31.5 Å². The third-order valence-electron chi connectivity index (χ3n) is 3.56. The number of aryl methyl sites for hydroxylation is 1. The number of anilines is 1. The van der Waals surface area contributed by atoms with Crippen molar-refractivity contribution < 1.29 is 23.0 Å². The van der Waals surface area contributed by atoms with Crippen LogP contribution in [0.15, 0.2) is 42.5 Å². The van der Waals surface area contributed by atoms with Crippen LogP contribution in [0, 0.1) is 6.92 Å². The maximum Gasteiger partial charge on any atom is 0.387 e. The molecule has 0 aliphatic rings. The van der Waals surface area contributed by atoms with E-state index in [0.717, 1.165) is 11.1 Å². The number of nitrogens with one attached hydrogen (secondary N) is 2. The van der Waals surface area contributed by atoms with Crippen LogP contribution < -0.4 is 20.1 Å². The second-order valence-corrected chi connectivity index (χ2v) is 5.47. The van der Waals surface area contributed by atoms with E-state index in [0.29, 0.717) is 5.69 Å². The fourth-order valence-electron chi connectivity index (χ4n) is 2.24. The largest absolute Gasteiger partial charge is 0.493 e. The van der Waals surface area contributed by atoms with Crippen molar-refractivity contribution in [2.75, 3.05) is 12.4 Å². The SMILES string of the molecule is COc1ccc(NC(=O)NC(C)c2ccc(C)cc2)cc1OC(F)F. The lowest BCUT2D eigenvalue weighted by atomic mass is 10.1. The fourth-order valence-corrected chi connectivity index (χ4v) is 2.24. The molecule has 2 aromatic rings. The van der Waals surface area contributed by atoms with Crippen LogP contribution in [0.5, 0.6) is 11.5 Å². The molecule has 1 unspecified atom stereocenters. The molecule has 5 nitrogen and oxygen atoms in total. The summed E-state index contributed by atoms with van der Waals surface area (Å²) >= 11 is 0. The number of hydrogen-bond acceptors (Lipinski definition) is 3. The van der Waals surface area contributed by atoms with Crippen molar-refractivity contribution in [1.29, 1.82) is 0 Å². The first kappa shape index (κ1) is 18.5. The molecule has 0 radical (unpaired) electrons. The summed E-state index contributed by atoms with van der Waals surface area (Å²) in [7, 11) is 1.34. The Morgan fingerprint density at radius 2 is 1.76 bits per heavy atom. The third-order valence-corrected chi connectivity index (χ3v) is 3.56. The zero-order valence-corrected chi connectivity index (χ0v) is 14.2. The molecular formula is C18H20F2N2O3. The second-order valence-electron chi connectivity index (χ2n) is 5.47. The Bertz CT molecular complexity index is 721. The van der Waals surface area contributed by atoms with Crippen molar-refractivity contribution in [3.8, 4) is 11.5 Å². The van der Waals surface area contributed by atoms with Gasteiger partial charge in [0.15, 0.2) is 11.5 Å². The van der Waals surface area contributed by atoms with Gasteiger partial charge in [0.25, 0.3) is 0 Å². The standard InChI is InChI=1S/C18H20F2N2O3/c1-11-4-6-13(7-5-11)12(2)21-18(23)22-14-8-9-15(24-3)16(10-14)25-17(19)20/h4-10,12,17H,1-3H3,(H2,21,22,23). The third kappa shape index (κ3) is 5.34. The molecule has 2 N–H and O–H groups in total. The van der Waals surface area contributed by atoms with Crippen molar-refractivity contribution in [3.05, 3.63) is 53.6 Å². The van der Waals surface area contributed by atoms with Crippen LogP contribution in [0.4, 0.5) is 19.3 Å². The molecule has 0 heterocycles. The second kappa shape index (κ2) is 8.32. The minimum absolute atomic E-state index is 0.151. The minimum Gasteiger partial charge on any atom is -0.493 e. The summed E-state index contributed by atoms with van der Waals surface area (Å²) in [4.78, 5) is 12.1. The number of ether oxygens (including phenoxy) is 2. The topological polar surface area (TPSA) is 59.6 Å². The van der Waals surface area contributed by atoms with E-state index in [1.54, 1.807) is 0 Å². The number of carbonyl (C=O) groups is 1. The molecule has 0 aromatic heterocycles. The molecule has 134 valence electrons. The van der Waals surface area contributed by atoms with Crippen LogP contribution in [-0.4, -0.2) is 19.8 Å². The quantitative estimate of drug-likeness (QED) is 0.807. The fraction of sp³-hybridized carbons (Fsp3) is 0.278. The van der Waals surface area contributed by atoms with Gasteiger partial charge in [-0.3, -0.25) is 0 Å². The number of hydrogen-bond donors (Lipinski definition) is 2. The number of halogens is 2. The normalized spacial score (nSPS) is 11.8. The average molecular weight is 350 g/mol. The van der Waals surface area contributed by atoms with Gasteiger partial charge >= 0.3 is 12.6 Å². The maximum absolute atomic E-state index is 12.4. The van der Waals surface area contributed by atoms with Crippen molar-refractivity contribution in [1.82, 2.24) is 5.32 Å². The smallest absolute Gasteiger partial charge is 0.387 e. The molecule has 2 amide bonds. The molecule has 7 heteroatoms. The molecule has 0 fully saturated rings. The molecule has 1 atom stereocenters. The highest BCUT2D eigenvalue weighted by Gasteiger charge is 2.14. The van der Waals surface area contributed by atoms with Crippen molar-refractivity contribution in [2.24, 2.45) is 0 Å². The number of benzene rings is 2. The molecule has 0 aliphatic carbocycles. The van der Waals surface area contributed by atoms with Crippen LogP contribution >= 0.6 is 0 Å². The van der Waals surface area contributed by atoms with Crippen LogP contribution in [0.3, 0.4) is 0 Å². The Labute approximate surface area is 144 Å². The monoisotopic (exact) mass is 350 g/mol. The molecule has 25 heavy (non-hydrogen) atoms. The Hall–Kier alpha value is -2.83. The Morgan fingerprint density at radius 1 is 1.08 bits per heavy atom. The summed E-state index contributed by atoms with van der Waals surface area (Å²) in [6.07, 6.45) is 0. The number of methoxy groups -OCH3 is 1. The lowest BCUT2D eigenvalue weighted by Gasteiger charge is -2.16. The zero-order chi connectivity index (χ0) is 18.4. The Kier molecular flexibility index (Phi) is 6.16. The highest BCUT2D eigenvalue weighted by Crippen LogP contribution is 2.31. The lowest BCUT2D eigenvalue weighted by Crippen LogP contribution is -2.31. The highest BCUT2D eigenvalue weighted by atomic mass is 19.3. The molecular weight excluding hydrogens is 330 g/mol. The van der Waals surface area contributed by atoms with E-state index in [4.69, 9.17) is 4.74 Å². The van der Waals surface area contributed by atoms with Gasteiger partial charge in [0, 0.05) is 11.8 Å². The predicted octanol–water partition coefficient (Wildman–Crippen LogP) is 4.49. The summed E-state index contributed by atoms with van der Waals surface area (Å²) in [5, 5.41) is 5.37. The first-order chi connectivity index (χ1) is 11.9. The molecule has 0 aliphatic heterocycles. The lowest BCUT2D eigenvalue weighted by molar-refractivity contribution is -0.0511. The van der Waals surface area contributed by atoms with Gasteiger partial charge in [0.05, 0.1) is 13.2 Å². The average Bonchev–Trinajstić information content (AvgIpc) is 2.55. The molecule has 2 aromatic carbocycles. The van der Waals surface area contributed by atoms with Crippen molar-refractivity contribution >= 4 is 11.7 Å². The summed E-state index contributed by atoms with van der Waals surface area (Å²) in [6.45, 7) is 0.848. The first-order valence-electron chi connectivity index (χ1n) is 7.66. The van der Waals surface area contributed by atoms with Crippen LogP contribution in [-0.2, 0) is 0 Å². The van der Waals surface area contributed by atoms with Gasteiger partial charge < -0.3 is 20.1 Å². The number of amides is 2. The zero-order valence-electron chi connectivity index (χ0n) is 14.2. The molecule has 0 bridgehead atoms. The number of urea groups is 1. The van der Waals surface area contributed by atoms with Gasteiger partial charge in [-0.15, -0.1) is 0 Å². The van der Waals surface area contributed by atoms with E-state index in [1.807, 2.05) is 38.1 Å². The van der Waals surface area contributed by atoms with Gasteiger partial charge in [0.2, 0.25) is 0 Å². The van der Waals surface area contributed by atoms with E-state index in [2.05, 4.69) is 15.4 Å². The van der Waals surface area contributed by atoms with Gasteiger partial charge in [0.1, 0.15) is 0 Å². The predicted molar refractivity (Wildman–Crippen MR) is 91.4 cm³/mol.